The molecular formula is C38H43N3O6S. The molecule has 0 heterocycles. The monoisotopic (exact) mass is 669 g/mol. The van der Waals surface area contributed by atoms with Gasteiger partial charge in [0.1, 0.15) is 24.1 Å². The zero-order valence-electron chi connectivity index (χ0n) is 27.5. The molecule has 1 N–H and O–H groups in total. The van der Waals surface area contributed by atoms with Gasteiger partial charge in [-0.1, -0.05) is 79.9 Å². The Hall–Kier alpha value is -4.83. The molecule has 2 amide bonds. The Bertz CT molecular complexity index is 1740. The minimum absolute atomic E-state index is 0.0209. The molecule has 48 heavy (non-hydrogen) atoms. The molecule has 1 unspecified atom stereocenters. The van der Waals surface area contributed by atoms with Crippen LogP contribution in [0.25, 0.3) is 0 Å². The Morgan fingerprint density at radius 2 is 1.40 bits per heavy atom. The molecule has 0 radical (unpaired) electrons. The molecule has 5 rings (SSSR count). The Balaban J connectivity index is 1.56. The fraction of sp³-hybridized carbons (Fsp3) is 0.316. The van der Waals surface area contributed by atoms with Crippen LogP contribution in [-0.4, -0.2) is 58.0 Å². The van der Waals surface area contributed by atoms with E-state index in [-0.39, 0.29) is 29.8 Å². The van der Waals surface area contributed by atoms with E-state index in [1.165, 1.54) is 24.1 Å². The first-order valence-electron chi connectivity index (χ1n) is 16.3. The second-order valence-electron chi connectivity index (χ2n) is 11.9. The van der Waals surface area contributed by atoms with Crippen molar-refractivity contribution in [3.8, 4) is 11.5 Å². The number of rotatable bonds is 14. The maximum absolute atomic E-state index is 14.7. The summed E-state index contributed by atoms with van der Waals surface area (Å²) in [6.45, 7) is -0.469. The van der Waals surface area contributed by atoms with Crippen LogP contribution in [0.4, 0.5) is 5.69 Å². The molecule has 0 aliphatic heterocycles. The molecule has 10 heteroatoms. The Kier molecular flexibility index (Phi) is 11.7. The molecule has 252 valence electrons. The van der Waals surface area contributed by atoms with E-state index in [2.05, 4.69) is 5.32 Å². The van der Waals surface area contributed by atoms with Gasteiger partial charge in [0.05, 0.1) is 24.8 Å². The van der Waals surface area contributed by atoms with E-state index in [0.29, 0.717) is 17.2 Å². The van der Waals surface area contributed by atoms with Gasteiger partial charge in [-0.25, -0.2) is 8.42 Å². The van der Waals surface area contributed by atoms with Crippen LogP contribution in [0.3, 0.4) is 0 Å². The molecule has 1 saturated carbocycles. The average Bonchev–Trinajstić information content (AvgIpc) is 3.13. The summed E-state index contributed by atoms with van der Waals surface area (Å²) in [5.74, 6) is 0.374. The number of anilines is 1. The second kappa shape index (κ2) is 16.3. The second-order valence-corrected chi connectivity index (χ2v) is 13.8. The number of carbonyl (C=O) groups excluding carboxylic acids is 2. The number of methoxy groups -OCH3 is 2. The predicted octanol–water partition coefficient (Wildman–Crippen LogP) is 5.99. The molecule has 4 aromatic carbocycles. The smallest absolute Gasteiger partial charge is 0.264 e. The van der Waals surface area contributed by atoms with Gasteiger partial charge in [0.2, 0.25) is 11.8 Å². The molecule has 1 aliphatic rings. The molecule has 0 saturated heterocycles. The minimum Gasteiger partial charge on any atom is -0.497 e. The van der Waals surface area contributed by atoms with Gasteiger partial charge in [0.15, 0.2) is 0 Å². The number of nitrogens with one attached hydrogen (secondary N) is 1. The van der Waals surface area contributed by atoms with Gasteiger partial charge in [-0.2, -0.15) is 0 Å². The fourth-order valence-corrected chi connectivity index (χ4v) is 7.50. The third-order valence-electron chi connectivity index (χ3n) is 8.68. The number of hydrogen-bond acceptors (Lipinski definition) is 6. The molecule has 1 atom stereocenters. The van der Waals surface area contributed by atoms with Gasteiger partial charge in [0.25, 0.3) is 10.0 Å². The lowest BCUT2D eigenvalue weighted by Gasteiger charge is -2.35. The predicted molar refractivity (Wildman–Crippen MR) is 186 cm³/mol. The van der Waals surface area contributed by atoms with E-state index in [1.807, 2.05) is 54.6 Å². The molecule has 4 aromatic rings. The largest absolute Gasteiger partial charge is 0.497 e. The van der Waals surface area contributed by atoms with E-state index in [9.17, 15) is 18.0 Å². The van der Waals surface area contributed by atoms with Gasteiger partial charge in [0, 0.05) is 19.0 Å². The number of benzene rings is 4. The molecule has 1 fully saturated rings. The third-order valence-corrected chi connectivity index (χ3v) is 10.5. The van der Waals surface area contributed by atoms with E-state index < -0.39 is 28.5 Å². The van der Waals surface area contributed by atoms with Crippen LogP contribution in [0.1, 0.15) is 43.2 Å². The van der Waals surface area contributed by atoms with E-state index in [4.69, 9.17) is 9.47 Å². The molecule has 1 aliphatic carbocycles. The first-order chi connectivity index (χ1) is 23.3. The maximum Gasteiger partial charge on any atom is 0.264 e. The minimum atomic E-state index is -4.19. The first kappa shape index (κ1) is 34.5. The van der Waals surface area contributed by atoms with Crippen molar-refractivity contribution in [3.63, 3.8) is 0 Å². The Morgan fingerprint density at radius 3 is 2.04 bits per heavy atom. The molecule has 0 spiro atoms. The van der Waals surface area contributed by atoms with Crippen LogP contribution in [0.15, 0.2) is 114 Å². The van der Waals surface area contributed by atoms with Crippen LogP contribution in [0, 0.1) is 0 Å². The number of nitrogens with zero attached hydrogens (tertiary/aromatic N) is 2. The fourth-order valence-electron chi connectivity index (χ4n) is 6.06. The number of amides is 2. The SMILES string of the molecule is COc1ccc(N(CC(=O)N(Cc2cccc(OC)c2)C(Cc2ccccc2)C(=O)NC2CCCCC2)S(=O)(=O)c2ccccc2)cc1. The van der Waals surface area contributed by atoms with Gasteiger partial charge >= 0.3 is 0 Å². The lowest BCUT2D eigenvalue weighted by atomic mass is 9.94. The van der Waals surface area contributed by atoms with E-state index in [1.54, 1.807) is 49.6 Å². The molecule has 9 nitrogen and oxygen atoms in total. The molecular weight excluding hydrogens is 627 g/mol. The van der Waals surface area contributed by atoms with Gasteiger partial charge in [-0.05, 0) is 72.5 Å². The van der Waals surface area contributed by atoms with E-state index >= 15 is 0 Å². The number of ether oxygens (including phenoxy) is 2. The summed E-state index contributed by atoms with van der Waals surface area (Å²) in [7, 11) is -1.09. The quantitative estimate of drug-likeness (QED) is 0.177. The van der Waals surface area contributed by atoms with Crippen LogP contribution in [-0.2, 0) is 32.6 Å². The van der Waals surface area contributed by atoms with Crippen molar-refractivity contribution < 1.29 is 27.5 Å². The highest BCUT2D eigenvalue weighted by atomic mass is 32.2. The summed E-state index contributed by atoms with van der Waals surface area (Å²) in [6, 6.07) is 30.5. The zero-order valence-corrected chi connectivity index (χ0v) is 28.3. The number of carbonyl (C=O) groups is 2. The standard InChI is InChI=1S/C38H43N3O6S/c1-46-33-23-21-32(22-24-33)41(48(44,45)35-19-10-5-11-20-35)28-37(42)40(27-30-15-12-18-34(25-30)47-2)36(26-29-13-6-3-7-14-29)38(43)39-31-16-8-4-9-17-31/h3,5-7,10-15,18-25,31,36H,4,8-9,16-17,26-28H2,1-2H3,(H,39,43). The highest BCUT2D eigenvalue weighted by Crippen LogP contribution is 2.27. The highest BCUT2D eigenvalue weighted by molar-refractivity contribution is 7.92. The van der Waals surface area contributed by atoms with Crippen molar-refractivity contribution in [3.05, 3.63) is 120 Å². The zero-order chi connectivity index (χ0) is 33.9. The summed E-state index contributed by atoms with van der Waals surface area (Å²) in [5.41, 5.74) is 1.92. The first-order valence-corrected chi connectivity index (χ1v) is 17.7. The summed E-state index contributed by atoms with van der Waals surface area (Å²) in [4.78, 5) is 30.5. The lowest BCUT2D eigenvalue weighted by Crippen LogP contribution is -2.55. The maximum atomic E-state index is 14.7. The Labute approximate surface area is 283 Å². The van der Waals surface area contributed by atoms with Crippen LogP contribution >= 0.6 is 0 Å². The summed E-state index contributed by atoms with van der Waals surface area (Å²) in [6.07, 6.45) is 5.23. The summed E-state index contributed by atoms with van der Waals surface area (Å²) in [5, 5.41) is 3.23. The topological polar surface area (TPSA) is 105 Å². The van der Waals surface area contributed by atoms with Gasteiger partial charge in [-0.3, -0.25) is 13.9 Å². The Morgan fingerprint density at radius 1 is 0.771 bits per heavy atom. The lowest BCUT2D eigenvalue weighted by molar-refractivity contribution is -0.140. The summed E-state index contributed by atoms with van der Waals surface area (Å²) >= 11 is 0. The van der Waals surface area contributed by atoms with E-state index in [0.717, 1.165) is 47.5 Å². The molecule has 0 aromatic heterocycles. The number of hydrogen-bond donors (Lipinski definition) is 1. The van der Waals surface area contributed by atoms with Gasteiger partial charge in [-0.15, -0.1) is 0 Å². The van der Waals surface area contributed by atoms with Crippen molar-refractivity contribution in [2.45, 2.75) is 62.0 Å². The summed E-state index contributed by atoms with van der Waals surface area (Å²) < 4.78 is 40.2. The van der Waals surface area contributed by atoms with Crippen molar-refractivity contribution in [2.24, 2.45) is 0 Å². The van der Waals surface area contributed by atoms with Crippen molar-refractivity contribution >= 4 is 27.5 Å². The van der Waals surface area contributed by atoms with Crippen molar-refractivity contribution in [2.75, 3.05) is 25.1 Å². The number of sulfonamides is 1. The van der Waals surface area contributed by atoms with Crippen LogP contribution in [0.5, 0.6) is 11.5 Å². The molecule has 0 bridgehead atoms. The van der Waals surface area contributed by atoms with Crippen LogP contribution in [0.2, 0.25) is 0 Å². The van der Waals surface area contributed by atoms with Crippen molar-refractivity contribution in [1.82, 2.24) is 10.2 Å². The van der Waals surface area contributed by atoms with Crippen LogP contribution < -0.4 is 19.1 Å². The highest BCUT2D eigenvalue weighted by Gasteiger charge is 2.35. The average molecular weight is 670 g/mol. The van der Waals surface area contributed by atoms with Gasteiger partial charge < -0.3 is 19.7 Å². The van der Waals surface area contributed by atoms with Crippen molar-refractivity contribution in [1.29, 1.82) is 0 Å². The normalized spacial score (nSPS) is 14.0. The third kappa shape index (κ3) is 8.74.